The van der Waals surface area contributed by atoms with Gasteiger partial charge in [0.05, 0.1) is 0 Å². The molecule has 0 unspecified atom stereocenters. The number of ether oxygens (including phenoxy) is 8. The molecule has 0 N–H and O–H groups in total. The summed E-state index contributed by atoms with van der Waals surface area (Å²) in [6.45, 7) is 12.0. The van der Waals surface area contributed by atoms with Crippen LogP contribution in [0.2, 0.25) is 26.6 Å². The van der Waals surface area contributed by atoms with Crippen molar-refractivity contribution in [2.75, 3.05) is 56.9 Å². The predicted octanol–water partition coefficient (Wildman–Crippen LogP) is 8.89. The Morgan fingerprint density at radius 3 is 0.662 bits per heavy atom. The van der Waals surface area contributed by atoms with E-state index in [0.717, 1.165) is 93.3 Å². The molecule has 0 saturated carbocycles. The molecule has 0 bridgehead atoms. The van der Waals surface area contributed by atoms with E-state index in [1.165, 1.54) is 14.2 Å². The summed E-state index contributed by atoms with van der Waals surface area (Å²) in [5.41, 5.74) is -3.95. The van der Waals surface area contributed by atoms with Crippen LogP contribution in [-0.2, 0) is 76.3 Å². The fourth-order valence-corrected chi connectivity index (χ4v) is 42.2. The monoisotopic (exact) mass is 1180 g/mol. The molecule has 0 radical (unpaired) electrons. The first-order valence-electron chi connectivity index (χ1n) is 23.8. The normalized spacial score (nSPS) is 13.2. The molecule has 0 saturated heterocycles. The van der Waals surface area contributed by atoms with Crippen molar-refractivity contribution in [1.29, 1.82) is 0 Å². The predicted molar refractivity (Wildman–Crippen MR) is 263 cm³/mol. The second kappa shape index (κ2) is 34.4. The fourth-order valence-electron chi connectivity index (χ4n) is 8.62. The van der Waals surface area contributed by atoms with Gasteiger partial charge in [-0.25, -0.2) is 0 Å². The Morgan fingerprint density at radius 1 is 0.294 bits per heavy atom. The van der Waals surface area contributed by atoms with Crippen LogP contribution in [0, 0.1) is 0 Å². The Morgan fingerprint density at radius 2 is 0.485 bits per heavy atom. The summed E-state index contributed by atoms with van der Waals surface area (Å²) in [7, 11) is 8.50. The molecule has 0 aliphatic heterocycles. The molecule has 384 valence electrons. The summed E-state index contributed by atoms with van der Waals surface area (Å²) in [6.07, 6.45) is 10.6. The van der Waals surface area contributed by atoms with Crippen LogP contribution in [0.15, 0.2) is 52.8 Å². The van der Waals surface area contributed by atoms with E-state index >= 15 is 0 Å². The summed E-state index contributed by atoms with van der Waals surface area (Å²) in [6, 6.07) is 0. The van der Waals surface area contributed by atoms with E-state index in [0.29, 0.717) is 65.1 Å². The van der Waals surface area contributed by atoms with Crippen molar-refractivity contribution in [3.05, 3.63) is 52.8 Å². The quantitative estimate of drug-likeness (QED) is 0.0202. The molecule has 0 rings (SSSR count). The molecule has 0 aliphatic carbocycles. The van der Waals surface area contributed by atoms with Crippen LogP contribution in [0.5, 0.6) is 0 Å². The Kier molecular flexibility index (Phi) is 32.4. The molecule has 0 aromatic heterocycles. The van der Waals surface area contributed by atoms with Crippen LogP contribution in [0.4, 0.5) is 0 Å². The van der Waals surface area contributed by atoms with Gasteiger partial charge in [-0.2, -0.15) is 0 Å². The van der Waals surface area contributed by atoms with Crippen molar-refractivity contribution in [1.82, 2.24) is 0 Å². The minimum atomic E-state index is -4.27. The van der Waals surface area contributed by atoms with Gasteiger partial charge in [0.25, 0.3) is 0 Å². The first kappa shape index (κ1) is 64.1. The van der Waals surface area contributed by atoms with Crippen LogP contribution in [0.1, 0.15) is 119 Å². The topological polar surface area (TPSA) is 210 Å². The van der Waals surface area contributed by atoms with Gasteiger partial charge < -0.3 is 0 Å². The molecule has 18 heteroatoms. The van der Waals surface area contributed by atoms with Crippen molar-refractivity contribution in [3.8, 4) is 0 Å². The summed E-state index contributed by atoms with van der Waals surface area (Å²) >= 11 is -8.54. The number of methoxy groups -OCH3 is 8. The maximum absolute atomic E-state index is 14.4. The van der Waals surface area contributed by atoms with Crippen LogP contribution < -0.4 is 0 Å². The molecule has 0 aromatic rings. The molecule has 68 heavy (non-hydrogen) atoms. The molecule has 0 aromatic carbocycles. The summed E-state index contributed by atoms with van der Waals surface area (Å²) in [5, 5.41) is 0. The van der Waals surface area contributed by atoms with Gasteiger partial charge in [0.1, 0.15) is 0 Å². The Hall–Kier alpha value is -3.94. The number of rotatable bonds is 32. The average Bonchev–Trinajstić information content (AvgIpc) is 3.36. The van der Waals surface area contributed by atoms with E-state index < -0.39 is 118 Å². The van der Waals surface area contributed by atoms with Gasteiger partial charge in [0, 0.05) is 0 Å². The van der Waals surface area contributed by atoms with Gasteiger partial charge in [0.2, 0.25) is 0 Å². The van der Waals surface area contributed by atoms with Crippen LogP contribution in [0.3, 0.4) is 0 Å². The van der Waals surface area contributed by atoms with Crippen molar-refractivity contribution in [3.63, 3.8) is 0 Å². The minimum absolute atomic E-state index is 0.00751. The van der Waals surface area contributed by atoms with Crippen molar-refractivity contribution in [2.45, 2.75) is 145 Å². The molecular formula is C50H80O16Sn2. The number of hydrogen-bond donors (Lipinski definition) is 0. The Balaban J connectivity index is 10.3. The van der Waals surface area contributed by atoms with Crippen molar-refractivity contribution >= 4 is 84.5 Å². The molecule has 0 aliphatic rings. The van der Waals surface area contributed by atoms with Crippen molar-refractivity contribution in [2.24, 2.45) is 0 Å². The fraction of sp³-hybridized carbons (Fsp3) is 0.640. The summed E-state index contributed by atoms with van der Waals surface area (Å²) in [4.78, 5) is 115. The summed E-state index contributed by atoms with van der Waals surface area (Å²) < 4.78 is 45.9. The van der Waals surface area contributed by atoms with E-state index in [2.05, 4.69) is 0 Å². The molecule has 0 spiro atoms. The maximum atomic E-state index is 14.4. The van der Waals surface area contributed by atoms with Gasteiger partial charge in [-0.05, 0) is 0 Å². The third kappa shape index (κ3) is 17.5. The van der Waals surface area contributed by atoms with Gasteiger partial charge >= 0.3 is 416 Å². The van der Waals surface area contributed by atoms with E-state index in [9.17, 15) is 38.4 Å². The number of carbonyl (C=O) groups is 8. The third-order valence-electron chi connectivity index (χ3n) is 12.2. The number of carbonyl (C=O) groups excluding carboxylic acids is 8. The molecule has 0 amide bonds. The number of esters is 8. The second-order valence-corrected chi connectivity index (χ2v) is 42.6. The Bertz CT molecular complexity index is 1730. The Labute approximate surface area is 413 Å². The second-order valence-electron chi connectivity index (χ2n) is 16.5. The van der Waals surface area contributed by atoms with E-state index in [1.807, 2.05) is 41.5 Å². The zero-order valence-electron chi connectivity index (χ0n) is 43.4. The van der Waals surface area contributed by atoms with Gasteiger partial charge in [-0.1, -0.05) is 0 Å². The van der Waals surface area contributed by atoms with Gasteiger partial charge in [-0.3, -0.25) is 0 Å². The zero-order valence-corrected chi connectivity index (χ0v) is 49.1. The average molecular weight is 1170 g/mol. The van der Waals surface area contributed by atoms with E-state index in [1.54, 1.807) is 0 Å². The number of unbranched alkanes of at least 4 members (excludes halogenated alkanes) is 6. The molecule has 0 heterocycles. The zero-order chi connectivity index (χ0) is 52.0. The van der Waals surface area contributed by atoms with Gasteiger partial charge in [-0.15, -0.1) is 0 Å². The summed E-state index contributed by atoms with van der Waals surface area (Å²) in [5.74, 6) is -8.98. The van der Waals surface area contributed by atoms with E-state index in [4.69, 9.17) is 37.9 Å². The third-order valence-corrected chi connectivity index (χ3v) is 43.3. The van der Waals surface area contributed by atoms with Crippen molar-refractivity contribution < 1.29 is 76.3 Å². The van der Waals surface area contributed by atoms with Crippen LogP contribution in [-0.4, -0.2) is 141 Å². The van der Waals surface area contributed by atoms with E-state index in [-0.39, 0.29) is 7.18 Å². The molecule has 0 fully saturated rings. The SMILES string of the molecule is CCC[CH2][Sn]([CH2]CCC)([CH2]CCC)\[C](C(=O)OC)=C(C(=O)OC)/C(C(=O)OC)=C(\C=C\C(C(=O)OC)=C(C(=O)OC)/C(C(=O)OC)=[C](/C(=O)OC)[Sn]([CH2]CCC)([CH2]CCC)[CH2]CCC)C(=O)OC. The van der Waals surface area contributed by atoms with Crippen LogP contribution >= 0.6 is 0 Å². The standard InChI is InChI=1S/C26H26O16.6C4H9.2Sn/c1-35-17(27)11-15(23(31)39-5)19(25(33)41-7)13(21(29)37-3)9-10-14(22(30)38-4)20(26(34)42-8)16(24(32)40-6)12-18(28)36-2;6*1-3-4-2;;/h9-10H,1-8H3;6*1,3-4H2,2H3;;/b10-9+,15-11?,16-12?,19-13-,20-14-;;;;;;;;. The molecular weight excluding hydrogens is 1090 g/mol. The van der Waals surface area contributed by atoms with Gasteiger partial charge in [0.15, 0.2) is 0 Å². The first-order chi connectivity index (χ1) is 32.5. The number of hydrogen-bond acceptors (Lipinski definition) is 16. The first-order valence-corrected chi connectivity index (χ1v) is 38.8. The molecule has 0 atom stereocenters. The van der Waals surface area contributed by atoms with Crippen LogP contribution in [0.25, 0.3) is 0 Å². The molecule has 16 nitrogen and oxygen atoms in total.